The third kappa shape index (κ3) is 7.42. The van der Waals surface area contributed by atoms with Crippen molar-refractivity contribution < 1.29 is 24.0 Å². The van der Waals surface area contributed by atoms with Crippen LogP contribution in [0, 0.1) is 10.1 Å². The first-order chi connectivity index (χ1) is 11.8. The summed E-state index contributed by atoms with van der Waals surface area (Å²) in [6.45, 7) is 3.13. The average molecular weight is 351 g/mol. The number of esters is 1. The highest BCUT2D eigenvalue weighted by atomic mass is 16.6. The van der Waals surface area contributed by atoms with Gasteiger partial charge < -0.3 is 15.4 Å². The van der Waals surface area contributed by atoms with Gasteiger partial charge in [-0.05, 0) is 25.3 Å². The molecule has 1 atom stereocenters. The SMILES string of the molecule is CC(=O)NCCCC[C@H](NC(C)=O)C(=O)Oc1ccccc1[N+](=O)[O-]. The van der Waals surface area contributed by atoms with E-state index >= 15 is 0 Å². The van der Waals surface area contributed by atoms with E-state index in [9.17, 15) is 24.5 Å². The summed E-state index contributed by atoms with van der Waals surface area (Å²) in [4.78, 5) is 44.6. The number of hydrogen-bond donors (Lipinski definition) is 2. The van der Waals surface area contributed by atoms with Gasteiger partial charge in [-0.2, -0.15) is 0 Å². The molecular formula is C16H21N3O6. The average Bonchev–Trinajstić information content (AvgIpc) is 2.53. The van der Waals surface area contributed by atoms with Crippen molar-refractivity contribution in [3.63, 3.8) is 0 Å². The molecule has 0 unspecified atom stereocenters. The fourth-order valence-corrected chi connectivity index (χ4v) is 2.11. The molecule has 9 nitrogen and oxygen atoms in total. The van der Waals surface area contributed by atoms with Crippen LogP contribution in [-0.4, -0.2) is 35.3 Å². The van der Waals surface area contributed by atoms with E-state index in [4.69, 9.17) is 4.74 Å². The minimum atomic E-state index is -0.922. The summed E-state index contributed by atoms with van der Waals surface area (Å²) in [7, 11) is 0. The molecule has 136 valence electrons. The maximum atomic E-state index is 12.3. The Morgan fingerprint density at radius 1 is 1.16 bits per heavy atom. The van der Waals surface area contributed by atoms with Gasteiger partial charge in [0.25, 0.3) is 0 Å². The molecule has 0 radical (unpaired) electrons. The monoisotopic (exact) mass is 351 g/mol. The van der Waals surface area contributed by atoms with Crippen LogP contribution in [-0.2, 0) is 14.4 Å². The first kappa shape index (κ1) is 20.1. The van der Waals surface area contributed by atoms with Crippen molar-refractivity contribution in [2.75, 3.05) is 6.54 Å². The number of carbonyl (C=O) groups is 3. The van der Waals surface area contributed by atoms with Crippen LogP contribution in [0.4, 0.5) is 5.69 Å². The number of carbonyl (C=O) groups excluding carboxylic acids is 3. The molecule has 0 saturated carbocycles. The Morgan fingerprint density at radius 2 is 1.84 bits per heavy atom. The maximum Gasteiger partial charge on any atom is 0.334 e. The van der Waals surface area contributed by atoms with Gasteiger partial charge in [0.1, 0.15) is 6.04 Å². The van der Waals surface area contributed by atoms with Crippen molar-refractivity contribution in [3.05, 3.63) is 34.4 Å². The normalized spacial score (nSPS) is 11.3. The Labute approximate surface area is 144 Å². The molecule has 1 aromatic carbocycles. The summed E-state index contributed by atoms with van der Waals surface area (Å²) >= 11 is 0. The smallest absolute Gasteiger partial charge is 0.334 e. The van der Waals surface area contributed by atoms with Crippen molar-refractivity contribution in [2.24, 2.45) is 0 Å². The molecule has 1 aromatic rings. The third-order valence-electron chi connectivity index (χ3n) is 3.23. The molecule has 0 aliphatic carbocycles. The maximum absolute atomic E-state index is 12.3. The van der Waals surface area contributed by atoms with E-state index in [-0.39, 0.29) is 17.3 Å². The van der Waals surface area contributed by atoms with Crippen molar-refractivity contribution in [3.8, 4) is 5.75 Å². The molecule has 1 rings (SSSR count). The Morgan fingerprint density at radius 3 is 2.44 bits per heavy atom. The van der Waals surface area contributed by atoms with E-state index in [1.54, 1.807) is 0 Å². The number of para-hydroxylation sites is 2. The highest BCUT2D eigenvalue weighted by Gasteiger charge is 2.24. The van der Waals surface area contributed by atoms with E-state index in [0.29, 0.717) is 25.8 Å². The molecule has 0 aliphatic heterocycles. The minimum Gasteiger partial charge on any atom is -0.418 e. The Balaban J connectivity index is 2.69. The molecule has 0 aromatic heterocycles. The molecule has 2 amide bonds. The Hall–Kier alpha value is -2.97. The fourth-order valence-electron chi connectivity index (χ4n) is 2.11. The predicted octanol–water partition coefficient (Wildman–Crippen LogP) is 1.31. The van der Waals surface area contributed by atoms with Gasteiger partial charge in [-0.3, -0.25) is 19.7 Å². The lowest BCUT2D eigenvalue weighted by atomic mass is 10.1. The molecular weight excluding hydrogens is 330 g/mol. The highest BCUT2D eigenvalue weighted by Crippen LogP contribution is 2.26. The zero-order valence-corrected chi connectivity index (χ0v) is 14.1. The zero-order valence-electron chi connectivity index (χ0n) is 14.1. The summed E-state index contributed by atoms with van der Waals surface area (Å²) in [5, 5.41) is 16.1. The topological polar surface area (TPSA) is 128 Å². The van der Waals surface area contributed by atoms with Crippen LogP contribution in [0.15, 0.2) is 24.3 Å². The lowest BCUT2D eigenvalue weighted by Crippen LogP contribution is -2.42. The quantitative estimate of drug-likeness (QED) is 0.227. The van der Waals surface area contributed by atoms with E-state index in [2.05, 4.69) is 10.6 Å². The number of nitrogens with zero attached hydrogens (tertiary/aromatic N) is 1. The zero-order chi connectivity index (χ0) is 18.8. The van der Waals surface area contributed by atoms with Gasteiger partial charge in [-0.25, -0.2) is 4.79 Å². The second-order valence-corrected chi connectivity index (χ2v) is 5.38. The van der Waals surface area contributed by atoms with E-state index in [1.807, 2.05) is 0 Å². The summed E-state index contributed by atoms with van der Waals surface area (Å²) < 4.78 is 5.10. The molecule has 0 bridgehead atoms. The van der Waals surface area contributed by atoms with Crippen molar-refractivity contribution in [1.29, 1.82) is 0 Å². The van der Waals surface area contributed by atoms with Gasteiger partial charge in [0.2, 0.25) is 17.6 Å². The van der Waals surface area contributed by atoms with Gasteiger partial charge in [0.15, 0.2) is 0 Å². The van der Waals surface area contributed by atoms with Crippen LogP contribution < -0.4 is 15.4 Å². The first-order valence-corrected chi connectivity index (χ1v) is 7.78. The number of ether oxygens (including phenoxy) is 1. The van der Waals surface area contributed by atoms with Crippen molar-refractivity contribution >= 4 is 23.5 Å². The van der Waals surface area contributed by atoms with Crippen LogP contribution in [0.5, 0.6) is 5.75 Å². The number of nitro benzene ring substituents is 1. The predicted molar refractivity (Wildman–Crippen MR) is 88.9 cm³/mol. The molecule has 0 heterocycles. The number of hydrogen-bond acceptors (Lipinski definition) is 6. The van der Waals surface area contributed by atoms with Gasteiger partial charge in [0.05, 0.1) is 4.92 Å². The molecule has 0 aliphatic rings. The molecule has 0 fully saturated rings. The Kier molecular flexibility index (Phi) is 8.04. The third-order valence-corrected chi connectivity index (χ3v) is 3.23. The molecule has 0 saturated heterocycles. The number of unbranched alkanes of at least 4 members (excludes halogenated alkanes) is 1. The van der Waals surface area contributed by atoms with Gasteiger partial charge in [-0.1, -0.05) is 12.1 Å². The second-order valence-electron chi connectivity index (χ2n) is 5.38. The number of nitro groups is 1. The van der Waals surface area contributed by atoms with E-state index in [0.717, 1.165) is 0 Å². The summed E-state index contributed by atoms with van der Waals surface area (Å²) in [6, 6.07) is 4.59. The van der Waals surface area contributed by atoms with Gasteiger partial charge in [-0.15, -0.1) is 0 Å². The lowest BCUT2D eigenvalue weighted by Gasteiger charge is -2.16. The lowest BCUT2D eigenvalue weighted by molar-refractivity contribution is -0.385. The van der Waals surface area contributed by atoms with Crippen molar-refractivity contribution in [2.45, 2.75) is 39.2 Å². The largest absolute Gasteiger partial charge is 0.418 e. The van der Waals surface area contributed by atoms with Crippen molar-refractivity contribution in [1.82, 2.24) is 10.6 Å². The minimum absolute atomic E-state index is 0.144. The molecule has 0 spiro atoms. The van der Waals surface area contributed by atoms with Gasteiger partial charge >= 0.3 is 11.7 Å². The molecule has 25 heavy (non-hydrogen) atoms. The number of amides is 2. The van der Waals surface area contributed by atoms with Crippen LogP contribution >= 0.6 is 0 Å². The van der Waals surface area contributed by atoms with Crippen LogP contribution in [0.1, 0.15) is 33.1 Å². The summed E-state index contributed by atoms with van der Waals surface area (Å²) in [5.41, 5.74) is -0.330. The Bertz CT molecular complexity index is 647. The number of rotatable bonds is 9. The number of benzene rings is 1. The first-order valence-electron chi connectivity index (χ1n) is 7.78. The van der Waals surface area contributed by atoms with E-state index < -0.39 is 22.8 Å². The van der Waals surface area contributed by atoms with Crippen LogP contribution in [0.2, 0.25) is 0 Å². The number of nitrogens with one attached hydrogen (secondary N) is 2. The van der Waals surface area contributed by atoms with Gasteiger partial charge in [0, 0.05) is 26.5 Å². The highest BCUT2D eigenvalue weighted by molar-refractivity contribution is 5.85. The second kappa shape index (κ2) is 10.0. The van der Waals surface area contributed by atoms with Crippen LogP contribution in [0.25, 0.3) is 0 Å². The standard InChI is InChI=1S/C16H21N3O6/c1-11(20)17-10-6-5-7-13(18-12(2)21)16(22)25-15-9-4-3-8-14(15)19(23)24/h3-4,8-9,13H,5-7,10H2,1-2H3,(H,17,20)(H,18,21)/t13-/m0/s1. The van der Waals surface area contributed by atoms with Crippen LogP contribution in [0.3, 0.4) is 0 Å². The summed E-state index contributed by atoms with van der Waals surface area (Å²) in [5.74, 6) is -1.50. The molecule has 9 heteroatoms. The fraction of sp³-hybridized carbons (Fsp3) is 0.438. The molecule has 2 N–H and O–H groups in total. The summed E-state index contributed by atoms with van der Waals surface area (Å²) in [6.07, 6.45) is 1.46. The van der Waals surface area contributed by atoms with E-state index in [1.165, 1.54) is 38.1 Å².